The number of carbonyl (C=O) groups excluding carboxylic acids is 1. The molecule has 0 spiro atoms. The van der Waals surface area contributed by atoms with Crippen LogP contribution >= 0.6 is 0 Å². The van der Waals surface area contributed by atoms with Crippen LogP contribution in [-0.2, 0) is 6.54 Å². The van der Waals surface area contributed by atoms with Crippen molar-refractivity contribution in [3.05, 3.63) is 53.4 Å². The standard InChI is InChI=1S/C19H23N3O2/c23-19(17-10-18(24-21-17)16-6-7-16)20-11-15-8-9-22(13-15)12-14-4-2-1-3-5-14/h1-5,10,15-16H,6-9,11-13H2,(H,20,23)/t15-/m1/s1. The molecule has 1 N–H and O–H groups in total. The third-order valence-corrected chi connectivity index (χ3v) is 4.91. The van der Waals surface area contributed by atoms with Gasteiger partial charge in [-0.25, -0.2) is 0 Å². The van der Waals surface area contributed by atoms with Crippen molar-refractivity contribution in [3.63, 3.8) is 0 Å². The molecule has 1 aliphatic heterocycles. The highest BCUT2D eigenvalue weighted by atomic mass is 16.5. The molecule has 5 nitrogen and oxygen atoms in total. The fourth-order valence-electron chi connectivity index (χ4n) is 3.35. The summed E-state index contributed by atoms with van der Waals surface area (Å²) < 4.78 is 5.25. The largest absolute Gasteiger partial charge is 0.360 e. The van der Waals surface area contributed by atoms with Crippen LogP contribution < -0.4 is 5.32 Å². The average molecular weight is 325 g/mol. The number of benzene rings is 1. The van der Waals surface area contributed by atoms with Crippen LogP contribution in [-0.4, -0.2) is 35.6 Å². The van der Waals surface area contributed by atoms with Gasteiger partial charge in [-0.05, 0) is 37.3 Å². The molecular formula is C19H23N3O2. The quantitative estimate of drug-likeness (QED) is 0.887. The normalized spacial score (nSPS) is 21.1. The van der Waals surface area contributed by atoms with Crippen LogP contribution in [0, 0.1) is 5.92 Å². The summed E-state index contributed by atoms with van der Waals surface area (Å²) in [5, 5.41) is 6.91. The summed E-state index contributed by atoms with van der Waals surface area (Å²) in [4.78, 5) is 14.6. The van der Waals surface area contributed by atoms with Gasteiger partial charge in [-0.15, -0.1) is 0 Å². The van der Waals surface area contributed by atoms with E-state index in [1.807, 2.05) is 6.07 Å². The van der Waals surface area contributed by atoms with Crippen LogP contribution in [0.25, 0.3) is 0 Å². The Bertz CT molecular complexity index is 694. The van der Waals surface area contributed by atoms with E-state index >= 15 is 0 Å². The second kappa shape index (κ2) is 6.77. The van der Waals surface area contributed by atoms with Gasteiger partial charge in [0.25, 0.3) is 5.91 Å². The lowest BCUT2D eigenvalue weighted by atomic mass is 10.1. The lowest BCUT2D eigenvalue weighted by Crippen LogP contribution is -2.31. The fraction of sp³-hybridized carbons (Fsp3) is 0.474. The number of aromatic nitrogens is 1. The third kappa shape index (κ3) is 3.67. The number of nitrogens with zero attached hydrogens (tertiary/aromatic N) is 2. The Labute approximate surface area is 142 Å². The molecule has 1 amide bonds. The van der Waals surface area contributed by atoms with Crippen molar-refractivity contribution >= 4 is 5.91 Å². The van der Waals surface area contributed by atoms with Crippen LogP contribution in [0.5, 0.6) is 0 Å². The van der Waals surface area contributed by atoms with Crippen molar-refractivity contribution in [1.29, 1.82) is 0 Å². The van der Waals surface area contributed by atoms with Crippen molar-refractivity contribution in [2.45, 2.75) is 31.7 Å². The van der Waals surface area contributed by atoms with Gasteiger partial charge in [0.1, 0.15) is 5.76 Å². The smallest absolute Gasteiger partial charge is 0.273 e. The average Bonchev–Trinajstić information content (AvgIpc) is 3.17. The molecular weight excluding hydrogens is 302 g/mol. The van der Waals surface area contributed by atoms with E-state index in [4.69, 9.17) is 4.52 Å². The Morgan fingerprint density at radius 1 is 1.25 bits per heavy atom. The predicted molar refractivity (Wildman–Crippen MR) is 90.6 cm³/mol. The van der Waals surface area contributed by atoms with Gasteiger partial charge in [-0.3, -0.25) is 9.69 Å². The molecule has 126 valence electrons. The molecule has 5 heteroatoms. The van der Waals surface area contributed by atoms with E-state index in [2.05, 4.69) is 39.6 Å². The molecule has 1 aromatic carbocycles. The lowest BCUT2D eigenvalue weighted by Gasteiger charge is -2.16. The first-order chi connectivity index (χ1) is 11.8. The highest BCUT2D eigenvalue weighted by Gasteiger charge is 2.29. The van der Waals surface area contributed by atoms with Crippen molar-refractivity contribution < 1.29 is 9.32 Å². The minimum Gasteiger partial charge on any atom is -0.360 e. The molecule has 1 saturated heterocycles. The highest BCUT2D eigenvalue weighted by Crippen LogP contribution is 2.40. The zero-order valence-corrected chi connectivity index (χ0v) is 13.8. The minimum atomic E-state index is -0.118. The maximum absolute atomic E-state index is 12.2. The van der Waals surface area contributed by atoms with Gasteiger partial charge >= 0.3 is 0 Å². The molecule has 1 atom stereocenters. The lowest BCUT2D eigenvalue weighted by molar-refractivity contribution is 0.0938. The van der Waals surface area contributed by atoms with Gasteiger partial charge in [0.15, 0.2) is 5.69 Å². The fourth-order valence-corrected chi connectivity index (χ4v) is 3.35. The Hall–Kier alpha value is -2.14. The van der Waals surface area contributed by atoms with Gasteiger partial charge in [-0.2, -0.15) is 0 Å². The Balaban J connectivity index is 1.23. The van der Waals surface area contributed by atoms with Crippen LogP contribution in [0.3, 0.4) is 0 Å². The Morgan fingerprint density at radius 2 is 2.08 bits per heavy atom. The summed E-state index contributed by atoms with van der Waals surface area (Å²) in [6.07, 6.45) is 3.42. The zero-order chi connectivity index (χ0) is 16.4. The van der Waals surface area contributed by atoms with Crippen LogP contribution in [0.4, 0.5) is 0 Å². The first-order valence-electron chi connectivity index (χ1n) is 8.79. The second-order valence-electron chi connectivity index (χ2n) is 6.97. The Morgan fingerprint density at radius 3 is 2.88 bits per heavy atom. The van der Waals surface area contributed by atoms with Crippen molar-refractivity contribution in [2.75, 3.05) is 19.6 Å². The number of likely N-dealkylation sites (tertiary alicyclic amines) is 1. The van der Waals surface area contributed by atoms with Crippen LogP contribution in [0.1, 0.15) is 47.0 Å². The monoisotopic (exact) mass is 325 g/mol. The molecule has 4 rings (SSSR count). The maximum atomic E-state index is 12.2. The van der Waals surface area contributed by atoms with Crippen LogP contribution in [0.2, 0.25) is 0 Å². The van der Waals surface area contributed by atoms with E-state index in [0.717, 1.165) is 44.7 Å². The van der Waals surface area contributed by atoms with Gasteiger partial charge in [0, 0.05) is 31.6 Å². The number of amides is 1. The van der Waals surface area contributed by atoms with Gasteiger partial charge < -0.3 is 9.84 Å². The first kappa shape index (κ1) is 15.4. The number of hydrogen-bond donors (Lipinski definition) is 1. The molecule has 2 fully saturated rings. The molecule has 0 radical (unpaired) electrons. The number of hydrogen-bond acceptors (Lipinski definition) is 4. The minimum absolute atomic E-state index is 0.118. The van der Waals surface area contributed by atoms with E-state index in [9.17, 15) is 4.79 Å². The van der Waals surface area contributed by atoms with Crippen molar-refractivity contribution in [3.8, 4) is 0 Å². The Kier molecular flexibility index (Phi) is 4.34. The molecule has 0 bridgehead atoms. The van der Waals surface area contributed by atoms with E-state index in [1.165, 1.54) is 5.56 Å². The summed E-state index contributed by atoms with van der Waals surface area (Å²) in [7, 11) is 0. The summed E-state index contributed by atoms with van der Waals surface area (Å²) in [5.74, 6) is 1.73. The van der Waals surface area contributed by atoms with E-state index < -0.39 is 0 Å². The molecule has 0 unspecified atom stereocenters. The number of rotatable bonds is 6. The van der Waals surface area contributed by atoms with Gasteiger partial charge in [0.2, 0.25) is 0 Å². The SMILES string of the molecule is O=C(NC[C@H]1CCN(Cc2ccccc2)C1)c1cc(C2CC2)on1. The molecule has 24 heavy (non-hydrogen) atoms. The van der Waals surface area contributed by atoms with Gasteiger partial charge in [0.05, 0.1) is 0 Å². The second-order valence-corrected chi connectivity index (χ2v) is 6.97. The molecule has 2 aliphatic rings. The summed E-state index contributed by atoms with van der Waals surface area (Å²) in [6.45, 7) is 3.81. The topological polar surface area (TPSA) is 58.4 Å². The third-order valence-electron chi connectivity index (χ3n) is 4.91. The summed E-state index contributed by atoms with van der Waals surface area (Å²) in [5.41, 5.74) is 1.76. The molecule has 1 aliphatic carbocycles. The number of carbonyl (C=O) groups is 1. The molecule has 2 heterocycles. The van der Waals surface area contributed by atoms with E-state index in [-0.39, 0.29) is 5.91 Å². The van der Waals surface area contributed by atoms with Crippen molar-refractivity contribution in [2.24, 2.45) is 5.92 Å². The highest BCUT2D eigenvalue weighted by molar-refractivity contribution is 5.92. The summed E-state index contributed by atoms with van der Waals surface area (Å²) in [6, 6.07) is 12.3. The zero-order valence-electron chi connectivity index (χ0n) is 13.8. The number of nitrogens with one attached hydrogen (secondary N) is 1. The summed E-state index contributed by atoms with van der Waals surface area (Å²) >= 11 is 0. The van der Waals surface area contributed by atoms with Gasteiger partial charge in [-0.1, -0.05) is 35.5 Å². The molecule has 1 saturated carbocycles. The molecule has 2 aromatic rings. The van der Waals surface area contributed by atoms with Crippen molar-refractivity contribution in [1.82, 2.24) is 15.4 Å². The van der Waals surface area contributed by atoms with E-state index in [1.54, 1.807) is 6.07 Å². The first-order valence-corrected chi connectivity index (χ1v) is 8.79. The molecule has 1 aromatic heterocycles. The predicted octanol–water partition coefficient (Wildman–Crippen LogP) is 2.80. The maximum Gasteiger partial charge on any atom is 0.273 e. The van der Waals surface area contributed by atoms with E-state index in [0.29, 0.717) is 24.1 Å². The van der Waals surface area contributed by atoms with Crippen LogP contribution in [0.15, 0.2) is 40.9 Å².